The molecule has 17 nitrogen and oxygen atoms in total. The molecule has 8 heterocycles. The Morgan fingerprint density at radius 3 is 1.56 bits per heavy atom. The van der Waals surface area contributed by atoms with E-state index in [1.165, 1.54) is 5.56 Å². The van der Waals surface area contributed by atoms with Crippen molar-refractivity contribution in [3.05, 3.63) is 179 Å². The van der Waals surface area contributed by atoms with Crippen molar-refractivity contribution in [2.45, 2.75) is 72.0 Å². The minimum absolute atomic E-state index is 0.0654. The van der Waals surface area contributed by atoms with Crippen molar-refractivity contribution in [2.75, 3.05) is 73.0 Å². The normalized spacial score (nSPS) is 16.9. The molecule has 0 radical (unpaired) electrons. The lowest BCUT2D eigenvalue weighted by molar-refractivity contribution is -0.129. The number of amides is 1. The van der Waals surface area contributed by atoms with Gasteiger partial charge in [-0.15, -0.1) is 0 Å². The Kier molecular flexibility index (Phi) is 16.5. The van der Waals surface area contributed by atoms with Crippen LogP contribution in [0.15, 0.2) is 146 Å². The molecule has 2 atom stereocenters. The van der Waals surface area contributed by atoms with E-state index >= 15 is 0 Å². The van der Waals surface area contributed by atoms with Gasteiger partial charge >= 0.3 is 0 Å². The van der Waals surface area contributed by atoms with Crippen LogP contribution in [0.25, 0.3) is 22.8 Å². The number of benzene rings is 4. The second-order valence-electron chi connectivity index (χ2n) is 20.1. The summed E-state index contributed by atoms with van der Waals surface area (Å²) in [5.41, 5.74) is 10.3. The van der Waals surface area contributed by atoms with E-state index in [0.717, 1.165) is 126 Å². The van der Waals surface area contributed by atoms with Crippen LogP contribution in [0.4, 0.5) is 34.6 Å². The smallest absolute Gasteiger partial charge is 0.219 e. The number of nitrogens with one attached hydrogen (secondary N) is 3. The first-order valence-corrected chi connectivity index (χ1v) is 27.2. The standard InChI is InChI=1S/C32H34N6O3.C30H32N6O2/c1-22-20-40-18-17-38(22)32-27-15-16-37(23(2)39)19-28(27)34-31(36-32)25-11-13-26(14-12-25)33-29-9-6-10-30(35-29)41-21-24-7-4-3-5-8-24;1-21-19-37-17-16-36(21)30-25-14-15-31-18-26(25)33-29(35-30)23-10-12-24(13-11-23)32-27-8-5-9-28(34-27)38-20-22-6-3-2-4-7-22/h3-14,22H,15-21H2,1-2H3,(H,33,35);2-13,21,31H,14-20H2,1H3,(H,32,34)/t22-;21-/m00/s1. The predicted molar refractivity (Wildman–Crippen MR) is 307 cm³/mol. The fourth-order valence-electron chi connectivity index (χ4n) is 10.1. The Morgan fingerprint density at radius 1 is 0.570 bits per heavy atom. The lowest BCUT2D eigenvalue weighted by atomic mass is 10.0. The molecule has 0 unspecified atom stereocenters. The molecule has 404 valence electrons. The van der Waals surface area contributed by atoms with Gasteiger partial charge in [0.1, 0.15) is 36.5 Å². The van der Waals surface area contributed by atoms with Crippen LogP contribution in [0.3, 0.4) is 0 Å². The van der Waals surface area contributed by atoms with Crippen LogP contribution in [-0.4, -0.2) is 105 Å². The van der Waals surface area contributed by atoms with Gasteiger partial charge in [0.25, 0.3) is 0 Å². The third kappa shape index (κ3) is 13.1. The number of hydrogen-bond acceptors (Lipinski definition) is 16. The van der Waals surface area contributed by atoms with E-state index in [1.807, 2.05) is 138 Å². The van der Waals surface area contributed by atoms with Crippen LogP contribution in [0, 0.1) is 0 Å². The summed E-state index contributed by atoms with van der Waals surface area (Å²) < 4.78 is 23.1. The number of aromatic nitrogens is 6. The number of morpholine rings is 2. The fourth-order valence-corrected chi connectivity index (χ4v) is 10.1. The minimum Gasteiger partial charge on any atom is -0.473 e. The van der Waals surface area contributed by atoms with Crippen LogP contribution in [0.5, 0.6) is 11.8 Å². The Morgan fingerprint density at radius 2 is 1.06 bits per heavy atom. The van der Waals surface area contributed by atoms with E-state index in [1.54, 1.807) is 6.92 Å². The third-order valence-electron chi connectivity index (χ3n) is 14.4. The highest BCUT2D eigenvalue weighted by Crippen LogP contribution is 2.34. The monoisotopic (exact) mass is 1060 g/mol. The molecule has 0 aliphatic carbocycles. The molecule has 0 saturated carbocycles. The van der Waals surface area contributed by atoms with Crippen molar-refractivity contribution in [1.29, 1.82) is 0 Å². The second kappa shape index (κ2) is 24.9. The molecule has 4 aromatic heterocycles. The summed E-state index contributed by atoms with van der Waals surface area (Å²) in [7, 11) is 0. The van der Waals surface area contributed by atoms with Gasteiger partial charge in [-0.2, -0.15) is 9.97 Å². The van der Waals surface area contributed by atoms with Gasteiger partial charge in [-0.1, -0.05) is 72.8 Å². The number of ether oxygens (including phenoxy) is 4. The number of anilines is 6. The number of fused-ring (bicyclic) bond motifs is 2. The van der Waals surface area contributed by atoms with Gasteiger partial charge in [0.15, 0.2) is 11.6 Å². The van der Waals surface area contributed by atoms with Crippen molar-refractivity contribution >= 4 is 40.6 Å². The van der Waals surface area contributed by atoms with E-state index < -0.39 is 0 Å². The number of pyridine rings is 2. The highest BCUT2D eigenvalue weighted by molar-refractivity contribution is 5.74. The summed E-state index contributed by atoms with van der Waals surface area (Å²) in [5, 5.41) is 10.2. The van der Waals surface area contributed by atoms with Crippen molar-refractivity contribution in [1.82, 2.24) is 40.1 Å². The Labute approximate surface area is 461 Å². The number of carbonyl (C=O) groups is 1. The van der Waals surface area contributed by atoms with Crippen LogP contribution in [-0.2, 0) is 53.4 Å². The van der Waals surface area contributed by atoms with Crippen LogP contribution < -0.4 is 35.2 Å². The molecule has 3 N–H and O–H groups in total. The number of rotatable bonds is 14. The summed E-state index contributed by atoms with van der Waals surface area (Å²) in [6, 6.07) is 48.2. The first-order chi connectivity index (χ1) is 38.8. The highest BCUT2D eigenvalue weighted by Gasteiger charge is 2.30. The highest BCUT2D eigenvalue weighted by atomic mass is 16.5. The SMILES string of the molecule is CC(=O)N1CCc2c(nc(-c3ccc(Nc4cccc(OCc5ccccc5)n4)cc3)nc2N2CCOC[C@@H]2C)C1.C[C@H]1COCCN1c1nc(-c2ccc(Nc3cccc(OCc4ccccc4)n3)cc2)nc2c1CCNC2. The molecular weight excluding hydrogens is 993 g/mol. The molecule has 8 aromatic rings. The maximum atomic E-state index is 12.1. The van der Waals surface area contributed by atoms with E-state index in [4.69, 9.17) is 38.9 Å². The van der Waals surface area contributed by atoms with Gasteiger partial charge < -0.3 is 49.6 Å². The van der Waals surface area contributed by atoms with Gasteiger partial charge in [0, 0.05) is 78.9 Å². The van der Waals surface area contributed by atoms with Crippen molar-refractivity contribution in [3.63, 3.8) is 0 Å². The summed E-state index contributed by atoms with van der Waals surface area (Å²) >= 11 is 0. The Balaban J connectivity index is 0.000000168. The average Bonchev–Trinajstić information content (AvgIpc) is 3.56. The molecule has 0 bridgehead atoms. The van der Waals surface area contributed by atoms with Crippen LogP contribution in [0.2, 0.25) is 0 Å². The summed E-state index contributed by atoms with van der Waals surface area (Å²) in [6.45, 7) is 14.2. The summed E-state index contributed by atoms with van der Waals surface area (Å²) in [6.07, 6.45) is 1.69. The molecule has 1 amide bonds. The maximum Gasteiger partial charge on any atom is 0.219 e. The van der Waals surface area contributed by atoms with Gasteiger partial charge in [0.2, 0.25) is 17.7 Å². The number of nitrogens with zero attached hydrogens (tertiary/aromatic N) is 9. The van der Waals surface area contributed by atoms with E-state index in [9.17, 15) is 4.79 Å². The van der Waals surface area contributed by atoms with Gasteiger partial charge in [-0.05, 0) is 105 Å². The zero-order valence-corrected chi connectivity index (χ0v) is 45.0. The van der Waals surface area contributed by atoms with Crippen molar-refractivity contribution in [3.8, 4) is 34.5 Å². The molecule has 4 aliphatic rings. The molecular formula is C62H66N12O5. The van der Waals surface area contributed by atoms with Crippen LogP contribution in [0.1, 0.15) is 54.4 Å². The minimum atomic E-state index is 0.0654. The molecule has 79 heavy (non-hydrogen) atoms. The fraction of sp³-hybridized carbons (Fsp3) is 0.306. The zero-order valence-electron chi connectivity index (χ0n) is 45.0. The van der Waals surface area contributed by atoms with E-state index in [0.29, 0.717) is 62.9 Å². The van der Waals surface area contributed by atoms with Gasteiger partial charge in [-0.3, -0.25) is 4.79 Å². The predicted octanol–water partition coefficient (Wildman–Crippen LogP) is 9.72. The van der Waals surface area contributed by atoms with E-state index in [-0.39, 0.29) is 18.0 Å². The lowest BCUT2D eigenvalue weighted by Gasteiger charge is -2.37. The lowest BCUT2D eigenvalue weighted by Crippen LogP contribution is -2.45. The average molecular weight is 1060 g/mol. The molecule has 2 fully saturated rings. The Bertz CT molecular complexity index is 3340. The molecule has 17 heteroatoms. The molecule has 4 aliphatic heterocycles. The second-order valence-corrected chi connectivity index (χ2v) is 20.1. The zero-order chi connectivity index (χ0) is 53.9. The maximum absolute atomic E-state index is 12.1. The first-order valence-electron chi connectivity index (χ1n) is 27.2. The van der Waals surface area contributed by atoms with Crippen LogP contribution >= 0.6 is 0 Å². The quantitative estimate of drug-likeness (QED) is 0.0937. The summed E-state index contributed by atoms with van der Waals surface area (Å²) in [5.74, 6) is 6.05. The molecule has 0 spiro atoms. The van der Waals surface area contributed by atoms with Crippen molar-refractivity contribution in [2.24, 2.45) is 0 Å². The topological polar surface area (TPSA) is 177 Å². The molecule has 4 aromatic carbocycles. The Hall–Kier alpha value is -8.51. The summed E-state index contributed by atoms with van der Waals surface area (Å²) in [4.78, 5) is 48.0. The van der Waals surface area contributed by atoms with Crippen molar-refractivity contribution < 1.29 is 23.7 Å². The molecule has 2 saturated heterocycles. The first kappa shape index (κ1) is 52.5. The number of carbonyl (C=O) groups excluding carboxylic acids is 1. The van der Waals surface area contributed by atoms with Gasteiger partial charge in [0.05, 0.1) is 56.4 Å². The largest absolute Gasteiger partial charge is 0.473 e. The van der Waals surface area contributed by atoms with E-state index in [2.05, 4.69) is 61.7 Å². The van der Waals surface area contributed by atoms with Gasteiger partial charge in [-0.25, -0.2) is 19.9 Å². The third-order valence-corrected chi connectivity index (χ3v) is 14.4. The molecule has 12 rings (SSSR count). The number of hydrogen-bond donors (Lipinski definition) is 3.